The molecule has 4 N–H and O–H groups in total. The van der Waals surface area contributed by atoms with Crippen molar-refractivity contribution in [3.05, 3.63) is 46.4 Å². The van der Waals surface area contributed by atoms with E-state index in [-0.39, 0.29) is 32.3 Å². The number of amides is 2. The van der Waals surface area contributed by atoms with Crippen LogP contribution in [0.3, 0.4) is 0 Å². The number of fused-ring (bicyclic) bond motifs is 3. The summed E-state index contributed by atoms with van der Waals surface area (Å²) in [5.41, 5.74) is 9.75. The fourth-order valence-corrected chi connectivity index (χ4v) is 4.66. The second-order valence-corrected chi connectivity index (χ2v) is 10.7. The van der Waals surface area contributed by atoms with Crippen LogP contribution in [-0.2, 0) is 17.3 Å². The molecule has 3 aliphatic rings. The van der Waals surface area contributed by atoms with Crippen LogP contribution in [0.5, 0.6) is 0 Å². The number of guanidine groups is 1. The maximum atomic E-state index is 13.0. The van der Waals surface area contributed by atoms with E-state index in [0.717, 1.165) is 22.4 Å². The predicted octanol–water partition coefficient (Wildman–Crippen LogP) is 2.37. The van der Waals surface area contributed by atoms with Crippen molar-refractivity contribution >= 4 is 52.0 Å². The number of nitrogens with zero attached hydrogens (tertiary/aromatic N) is 2. The topological polar surface area (TPSA) is 102 Å². The van der Waals surface area contributed by atoms with Crippen LogP contribution in [0, 0.1) is 0 Å². The molecule has 2 aliphatic heterocycles. The largest absolute Gasteiger partial charge is 0.369 e. The number of alkyl halides is 1. The molecular weight excluding hydrogens is 481 g/mol. The molecule has 7 nitrogen and oxygen atoms in total. The van der Waals surface area contributed by atoms with Crippen LogP contribution in [-0.4, -0.2) is 32.3 Å². The molecule has 1 aliphatic carbocycles. The molecule has 0 spiro atoms. The molecule has 1 atom stereocenters. The Balaban J connectivity index is 2.12. The standard InChI is InChI=1S/C21H24IN5O2/c1-20(2)8-9-21(3,22)7-5-12-13-11(14-17(28)26-19(23)25-14)6-10-24-18(29)15(13)27(4)16(12)20/h5,7-9H,6,10H2,1-4H3,(H,24,29)(H3,23,25,26,28)/b7-5-,9-8-,14-11-. The molecule has 2 amide bonds. The fraction of sp³-hybridized carbons (Fsp3) is 0.381. The summed E-state index contributed by atoms with van der Waals surface area (Å²) in [5.74, 6) is -0.395. The minimum atomic E-state index is -0.330. The highest BCUT2D eigenvalue weighted by atomic mass is 127. The second-order valence-electron chi connectivity index (χ2n) is 8.37. The van der Waals surface area contributed by atoms with E-state index in [1.54, 1.807) is 0 Å². The van der Waals surface area contributed by atoms with Gasteiger partial charge in [-0.3, -0.25) is 14.9 Å². The van der Waals surface area contributed by atoms with Crippen LogP contribution in [0.25, 0.3) is 11.6 Å². The second kappa shape index (κ2) is 6.58. The Morgan fingerprint density at radius 3 is 2.55 bits per heavy atom. The summed E-state index contributed by atoms with van der Waals surface area (Å²) in [7, 11) is 1.91. The number of allylic oxidation sites excluding steroid dienone is 3. The Labute approximate surface area is 183 Å². The van der Waals surface area contributed by atoms with Gasteiger partial charge in [0.2, 0.25) is 5.96 Å². The van der Waals surface area contributed by atoms with Crippen molar-refractivity contribution in [2.45, 2.75) is 36.0 Å². The molecule has 0 saturated heterocycles. The zero-order valence-corrected chi connectivity index (χ0v) is 19.0. The van der Waals surface area contributed by atoms with Crippen molar-refractivity contribution in [3.8, 4) is 0 Å². The van der Waals surface area contributed by atoms with Gasteiger partial charge in [0.15, 0.2) is 0 Å². The third kappa shape index (κ3) is 3.23. The van der Waals surface area contributed by atoms with Crippen LogP contribution >= 0.6 is 22.6 Å². The van der Waals surface area contributed by atoms with Crippen LogP contribution in [0.2, 0.25) is 0 Å². The monoisotopic (exact) mass is 505 g/mol. The van der Waals surface area contributed by atoms with Crippen LogP contribution in [0.4, 0.5) is 0 Å². The van der Waals surface area contributed by atoms with E-state index in [1.807, 2.05) is 11.6 Å². The third-order valence-electron chi connectivity index (χ3n) is 5.60. The lowest BCUT2D eigenvalue weighted by Crippen LogP contribution is -2.30. The summed E-state index contributed by atoms with van der Waals surface area (Å²) < 4.78 is 1.79. The van der Waals surface area contributed by atoms with Gasteiger partial charge in [0.1, 0.15) is 11.4 Å². The van der Waals surface area contributed by atoms with Gasteiger partial charge in [-0.2, -0.15) is 0 Å². The average Bonchev–Trinajstić information content (AvgIpc) is 3.04. The van der Waals surface area contributed by atoms with Gasteiger partial charge >= 0.3 is 0 Å². The highest BCUT2D eigenvalue weighted by Crippen LogP contribution is 2.43. The quantitative estimate of drug-likeness (QED) is 0.219. The first-order valence-corrected chi connectivity index (χ1v) is 10.6. The molecule has 0 aromatic carbocycles. The zero-order valence-electron chi connectivity index (χ0n) is 16.9. The Morgan fingerprint density at radius 1 is 1.17 bits per heavy atom. The van der Waals surface area contributed by atoms with Crippen molar-refractivity contribution in [1.82, 2.24) is 15.2 Å². The summed E-state index contributed by atoms with van der Waals surface area (Å²) in [5, 5.41) is 5.51. The number of nitrogens with two attached hydrogens (primary N) is 1. The molecule has 8 heteroatoms. The number of rotatable bonds is 0. The summed E-state index contributed by atoms with van der Waals surface area (Å²) in [6.07, 6.45) is 9.06. The van der Waals surface area contributed by atoms with E-state index in [4.69, 9.17) is 5.73 Å². The van der Waals surface area contributed by atoms with E-state index in [1.165, 1.54) is 0 Å². The first-order chi connectivity index (χ1) is 13.5. The molecule has 4 rings (SSSR count). The minimum Gasteiger partial charge on any atom is -0.369 e. The third-order valence-corrected chi connectivity index (χ3v) is 6.32. The van der Waals surface area contributed by atoms with Crippen LogP contribution in [0.15, 0.2) is 28.9 Å². The highest BCUT2D eigenvalue weighted by Gasteiger charge is 2.37. The molecule has 152 valence electrons. The summed E-state index contributed by atoms with van der Waals surface area (Å²) in [4.78, 5) is 29.8. The molecule has 0 saturated carbocycles. The molecule has 1 aromatic heterocycles. The summed E-state index contributed by atoms with van der Waals surface area (Å²) in [6.45, 7) is 6.83. The molecule has 1 unspecified atom stereocenters. The Morgan fingerprint density at radius 2 is 1.90 bits per heavy atom. The van der Waals surface area contributed by atoms with Gasteiger partial charge in [0, 0.05) is 35.8 Å². The maximum Gasteiger partial charge on any atom is 0.277 e. The number of hydrogen-bond acceptors (Lipinski definition) is 4. The molecule has 29 heavy (non-hydrogen) atoms. The number of carbonyl (C=O) groups excluding carboxylic acids is 2. The van der Waals surface area contributed by atoms with Crippen LogP contribution in [0.1, 0.15) is 54.5 Å². The van der Waals surface area contributed by atoms with Gasteiger partial charge < -0.3 is 15.6 Å². The Hall–Kier alpha value is -2.36. The number of nitrogens with one attached hydrogen (secondary N) is 2. The number of carbonyl (C=O) groups is 2. The lowest BCUT2D eigenvalue weighted by Gasteiger charge is -2.27. The molecular formula is C21H24IN5O2. The van der Waals surface area contributed by atoms with Gasteiger partial charge in [-0.25, -0.2) is 4.99 Å². The smallest absolute Gasteiger partial charge is 0.277 e. The van der Waals surface area contributed by atoms with Gasteiger partial charge in [0.25, 0.3) is 11.8 Å². The van der Waals surface area contributed by atoms with Crippen molar-refractivity contribution in [2.75, 3.05) is 6.54 Å². The van der Waals surface area contributed by atoms with E-state index in [9.17, 15) is 9.59 Å². The highest BCUT2D eigenvalue weighted by molar-refractivity contribution is 14.1. The summed E-state index contributed by atoms with van der Waals surface area (Å²) in [6, 6.07) is 0. The van der Waals surface area contributed by atoms with E-state index in [0.29, 0.717) is 18.7 Å². The van der Waals surface area contributed by atoms with Crippen molar-refractivity contribution in [1.29, 1.82) is 0 Å². The molecule has 1 aromatic rings. The lowest BCUT2D eigenvalue weighted by atomic mass is 9.82. The molecule has 3 heterocycles. The van der Waals surface area contributed by atoms with E-state index in [2.05, 4.69) is 83.3 Å². The minimum absolute atomic E-state index is 0.0834. The first-order valence-electron chi connectivity index (χ1n) is 9.51. The van der Waals surface area contributed by atoms with E-state index < -0.39 is 0 Å². The number of halogens is 1. The normalized spacial score (nSPS) is 30.2. The predicted molar refractivity (Wildman–Crippen MR) is 123 cm³/mol. The Bertz CT molecular complexity index is 1070. The zero-order chi connectivity index (χ0) is 21.1. The summed E-state index contributed by atoms with van der Waals surface area (Å²) >= 11 is 2.40. The van der Waals surface area contributed by atoms with Gasteiger partial charge in [-0.1, -0.05) is 60.7 Å². The van der Waals surface area contributed by atoms with Gasteiger partial charge in [-0.15, -0.1) is 0 Å². The number of aromatic nitrogens is 1. The maximum absolute atomic E-state index is 13.0. The van der Waals surface area contributed by atoms with Crippen molar-refractivity contribution in [3.63, 3.8) is 0 Å². The first kappa shape index (κ1) is 19.9. The van der Waals surface area contributed by atoms with E-state index >= 15 is 0 Å². The van der Waals surface area contributed by atoms with Crippen LogP contribution < -0.4 is 16.4 Å². The molecule has 0 bridgehead atoms. The molecule has 0 radical (unpaired) electrons. The lowest BCUT2D eigenvalue weighted by molar-refractivity contribution is -0.115. The molecule has 0 fully saturated rings. The van der Waals surface area contributed by atoms with Gasteiger partial charge in [-0.05, 0) is 18.9 Å². The SMILES string of the molecule is Cn1c2c(c3c1C(C)(C)/C=C\C(C)(I)/C=C\3)/C(=C1\N=C(N)NC1=O)CCNC2=O. The number of hydrogen-bond donors (Lipinski definition) is 3. The number of aliphatic imine (C=N–C) groups is 1. The Kier molecular flexibility index (Phi) is 4.52. The fourth-order valence-electron chi connectivity index (χ4n) is 4.30. The van der Waals surface area contributed by atoms with Crippen molar-refractivity contribution < 1.29 is 9.59 Å². The average molecular weight is 505 g/mol. The van der Waals surface area contributed by atoms with Crippen molar-refractivity contribution in [2.24, 2.45) is 17.8 Å². The van der Waals surface area contributed by atoms with Gasteiger partial charge in [0.05, 0.1) is 3.42 Å².